The van der Waals surface area contributed by atoms with Crippen LogP contribution in [-0.2, 0) is 5.54 Å². The second-order valence-corrected chi connectivity index (χ2v) is 4.17. The predicted octanol–water partition coefficient (Wildman–Crippen LogP) is 1.82. The van der Waals surface area contributed by atoms with Gasteiger partial charge in [-0.05, 0) is 38.8 Å². The topological polar surface area (TPSA) is 48.1 Å². The van der Waals surface area contributed by atoms with Crippen LogP contribution in [0.1, 0.15) is 32.4 Å². The zero-order valence-electron chi connectivity index (χ0n) is 8.66. The SMILES string of the molecule is CC(C)Oc1cccnc1C1(N)CC1. The quantitative estimate of drug-likeness (QED) is 0.794. The molecule has 0 amide bonds. The fourth-order valence-corrected chi connectivity index (χ4v) is 1.48. The zero-order valence-corrected chi connectivity index (χ0v) is 8.66. The van der Waals surface area contributed by atoms with Gasteiger partial charge in [0, 0.05) is 6.20 Å². The minimum atomic E-state index is -0.217. The van der Waals surface area contributed by atoms with Crippen molar-refractivity contribution in [1.29, 1.82) is 0 Å². The first kappa shape index (κ1) is 9.46. The van der Waals surface area contributed by atoms with E-state index in [9.17, 15) is 0 Å². The van der Waals surface area contributed by atoms with Crippen molar-refractivity contribution in [3.8, 4) is 5.75 Å². The van der Waals surface area contributed by atoms with Crippen molar-refractivity contribution in [2.24, 2.45) is 5.73 Å². The lowest BCUT2D eigenvalue weighted by Crippen LogP contribution is -2.22. The van der Waals surface area contributed by atoms with Gasteiger partial charge in [0.25, 0.3) is 0 Å². The Labute approximate surface area is 84.3 Å². The number of hydrogen-bond acceptors (Lipinski definition) is 3. The fourth-order valence-electron chi connectivity index (χ4n) is 1.48. The minimum Gasteiger partial charge on any atom is -0.489 e. The molecule has 1 heterocycles. The average Bonchev–Trinajstić information content (AvgIpc) is 2.84. The van der Waals surface area contributed by atoms with Gasteiger partial charge >= 0.3 is 0 Å². The summed E-state index contributed by atoms with van der Waals surface area (Å²) in [7, 11) is 0. The molecule has 0 aromatic carbocycles. The number of pyridine rings is 1. The predicted molar refractivity (Wildman–Crippen MR) is 55.1 cm³/mol. The van der Waals surface area contributed by atoms with E-state index in [1.807, 2.05) is 26.0 Å². The van der Waals surface area contributed by atoms with E-state index in [0.717, 1.165) is 24.3 Å². The van der Waals surface area contributed by atoms with Crippen molar-refractivity contribution in [2.45, 2.75) is 38.3 Å². The molecule has 0 aliphatic heterocycles. The zero-order chi connectivity index (χ0) is 10.2. The Morgan fingerprint density at radius 2 is 2.21 bits per heavy atom. The van der Waals surface area contributed by atoms with E-state index in [4.69, 9.17) is 10.5 Å². The van der Waals surface area contributed by atoms with Gasteiger partial charge in [-0.3, -0.25) is 4.98 Å². The molecule has 14 heavy (non-hydrogen) atoms. The number of hydrogen-bond donors (Lipinski definition) is 1. The Kier molecular flexibility index (Phi) is 2.19. The van der Waals surface area contributed by atoms with Crippen LogP contribution in [0.3, 0.4) is 0 Å². The summed E-state index contributed by atoms with van der Waals surface area (Å²) in [4.78, 5) is 4.32. The molecule has 0 atom stereocenters. The summed E-state index contributed by atoms with van der Waals surface area (Å²) in [5, 5.41) is 0. The van der Waals surface area contributed by atoms with Crippen LogP contribution in [0.25, 0.3) is 0 Å². The molecule has 1 aromatic heterocycles. The largest absolute Gasteiger partial charge is 0.489 e. The highest BCUT2D eigenvalue weighted by Gasteiger charge is 2.43. The Balaban J connectivity index is 2.29. The van der Waals surface area contributed by atoms with E-state index in [0.29, 0.717) is 0 Å². The van der Waals surface area contributed by atoms with Crippen LogP contribution in [0, 0.1) is 0 Å². The highest BCUT2D eigenvalue weighted by atomic mass is 16.5. The molecule has 2 rings (SSSR count). The van der Waals surface area contributed by atoms with E-state index >= 15 is 0 Å². The van der Waals surface area contributed by atoms with Crippen molar-refractivity contribution in [3.63, 3.8) is 0 Å². The number of nitrogens with zero attached hydrogens (tertiary/aromatic N) is 1. The summed E-state index contributed by atoms with van der Waals surface area (Å²) in [5.74, 6) is 0.836. The molecule has 1 aliphatic rings. The van der Waals surface area contributed by atoms with E-state index in [-0.39, 0.29) is 11.6 Å². The van der Waals surface area contributed by atoms with Crippen molar-refractivity contribution in [3.05, 3.63) is 24.0 Å². The maximum absolute atomic E-state index is 6.10. The third-order valence-corrected chi connectivity index (χ3v) is 2.39. The molecule has 1 aliphatic carbocycles. The number of rotatable bonds is 3. The molecule has 0 spiro atoms. The van der Waals surface area contributed by atoms with Crippen LogP contribution in [0.2, 0.25) is 0 Å². The lowest BCUT2D eigenvalue weighted by atomic mass is 10.1. The lowest BCUT2D eigenvalue weighted by molar-refractivity contribution is 0.236. The molecular weight excluding hydrogens is 176 g/mol. The molecular formula is C11H16N2O. The normalized spacial score (nSPS) is 18.3. The van der Waals surface area contributed by atoms with Crippen LogP contribution in [0.5, 0.6) is 5.75 Å². The van der Waals surface area contributed by atoms with Gasteiger partial charge in [0.15, 0.2) is 0 Å². The smallest absolute Gasteiger partial charge is 0.143 e. The fraction of sp³-hybridized carbons (Fsp3) is 0.545. The van der Waals surface area contributed by atoms with Crippen LogP contribution < -0.4 is 10.5 Å². The third kappa shape index (κ3) is 1.73. The molecule has 76 valence electrons. The summed E-state index contributed by atoms with van der Waals surface area (Å²) in [6.45, 7) is 4.01. The number of aromatic nitrogens is 1. The molecule has 0 saturated heterocycles. The van der Waals surface area contributed by atoms with E-state index in [1.165, 1.54) is 0 Å². The number of nitrogens with two attached hydrogens (primary N) is 1. The summed E-state index contributed by atoms with van der Waals surface area (Å²) in [6.07, 6.45) is 3.96. The van der Waals surface area contributed by atoms with Crippen LogP contribution in [0.15, 0.2) is 18.3 Å². The Morgan fingerprint density at radius 3 is 2.79 bits per heavy atom. The third-order valence-electron chi connectivity index (χ3n) is 2.39. The molecule has 0 radical (unpaired) electrons. The van der Waals surface area contributed by atoms with E-state index in [2.05, 4.69) is 4.98 Å². The molecule has 0 unspecified atom stereocenters. The Hall–Kier alpha value is -1.09. The molecule has 3 nitrogen and oxygen atoms in total. The van der Waals surface area contributed by atoms with E-state index in [1.54, 1.807) is 6.20 Å². The van der Waals surface area contributed by atoms with Gasteiger partial charge in [-0.15, -0.1) is 0 Å². The summed E-state index contributed by atoms with van der Waals surface area (Å²) >= 11 is 0. The van der Waals surface area contributed by atoms with Crippen LogP contribution in [0.4, 0.5) is 0 Å². The van der Waals surface area contributed by atoms with Crippen molar-refractivity contribution < 1.29 is 4.74 Å². The molecule has 1 saturated carbocycles. The number of ether oxygens (including phenoxy) is 1. The Morgan fingerprint density at radius 1 is 1.50 bits per heavy atom. The standard InChI is InChI=1S/C11H16N2O/c1-8(2)14-9-4-3-7-13-10(9)11(12)5-6-11/h3-4,7-8H,5-6,12H2,1-2H3. The first-order chi connectivity index (χ1) is 6.62. The molecule has 3 heteroatoms. The monoisotopic (exact) mass is 192 g/mol. The summed E-state index contributed by atoms with van der Waals surface area (Å²) in [6, 6.07) is 3.82. The van der Waals surface area contributed by atoms with Gasteiger partial charge in [-0.1, -0.05) is 0 Å². The maximum atomic E-state index is 6.10. The summed E-state index contributed by atoms with van der Waals surface area (Å²) in [5.41, 5.74) is 6.80. The second-order valence-electron chi connectivity index (χ2n) is 4.17. The molecule has 1 aromatic rings. The van der Waals surface area contributed by atoms with Gasteiger partial charge in [0.1, 0.15) is 11.4 Å². The van der Waals surface area contributed by atoms with Gasteiger partial charge in [0.2, 0.25) is 0 Å². The van der Waals surface area contributed by atoms with Crippen molar-refractivity contribution in [2.75, 3.05) is 0 Å². The summed E-state index contributed by atoms with van der Waals surface area (Å²) < 4.78 is 5.67. The van der Waals surface area contributed by atoms with Gasteiger partial charge in [-0.2, -0.15) is 0 Å². The van der Waals surface area contributed by atoms with Gasteiger partial charge in [-0.25, -0.2) is 0 Å². The average molecular weight is 192 g/mol. The maximum Gasteiger partial charge on any atom is 0.143 e. The molecule has 0 bridgehead atoms. The van der Waals surface area contributed by atoms with E-state index < -0.39 is 0 Å². The highest BCUT2D eigenvalue weighted by molar-refractivity contribution is 5.36. The highest BCUT2D eigenvalue weighted by Crippen LogP contribution is 2.45. The van der Waals surface area contributed by atoms with Crippen molar-refractivity contribution >= 4 is 0 Å². The van der Waals surface area contributed by atoms with Gasteiger partial charge < -0.3 is 10.5 Å². The van der Waals surface area contributed by atoms with Crippen LogP contribution >= 0.6 is 0 Å². The van der Waals surface area contributed by atoms with Crippen LogP contribution in [-0.4, -0.2) is 11.1 Å². The lowest BCUT2D eigenvalue weighted by Gasteiger charge is -2.16. The minimum absolute atomic E-state index is 0.167. The van der Waals surface area contributed by atoms with Crippen molar-refractivity contribution in [1.82, 2.24) is 4.98 Å². The first-order valence-electron chi connectivity index (χ1n) is 5.03. The second kappa shape index (κ2) is 3.24. The molecule has 1 fully saturated rings. The first-order valence-corrected chi connectivity index (χ1v) is 5.03. The Bertz CT molecular complexity index is 332. The molecule has 2 N–H and O–H groups in total. The van der Waals surface area contributed by atoms with Gasteiger partial charge in [0.05, 0.1) is 11.6 Å².